The van der Waals surface area contributed by atoms with Crippen molar-refractivity contribution in [3.05, 3.63) is 67.9 Å². The zero-order valence-corrected chi connectivity index (χ0v) is 12.8. The summed E-state index contributed by atoms with van der Waals surface area (Å²) < 4.78 is 14.4. The van der Waals surface area contributed by atoms with Gasteiger partial charge < -0.3 is 5.11 Å². The van der Waals surface area contributed by atoms with E-state index in [0.717, 1.165) is 15.6 Å². The largest absolute Gasteiger partial charge is 0.384 e. The maximum Gasteiger partial charge on any atom is 0.137 e. The minimum absolute atomic E-state index is 0.337. The molecular weight excluding hydrogens is 363 g/mol. The summed E-state index contributed by atoms with van der Waals surface area (Å²) >= 11 is 6.55. The Morgan fingerprint density at radius 3 is 2.11 bits per heavy atom. The van der Waals surface area contributed by atoms with Crippen LogP contribution in [0.2, 0.25) is 0 Å². The molecule has 0 aliphatic carbocycles. The highest BCUT2D eigenvalue weighted by atomic mass is 79.9. The van der Waals surface area contributed by atoms with Gasteiger partial charge in [-0.1, -0.05) is 34.1 Å². The topological polar surface area (TPSA) is 20.2 Å². The van der Waals surface area contributed by atoms with Gasteiger partial charge in [-0.2, -0.15) is 0 Å². The number of aliphatic hydroxyl groups excluding tert-OH is 1. The van der Waals surface area contributed by atoms with E-state index in [-0.39, 0.29) is 5.82 Å². The Balaban J connectivity index is 2.37. The number of hydrogen-bond donors (Lipinski definition) is 1. The molecule has 0 aliphatic heterocycles. The highest BCUT2D eigenvalue weighted by Crippen LogP contribution is 2.28. The third-order valence-electron chi connectivity index (χ3n) is 2.77. The third-order valence-corrected chi connectivity index (χ3v) is 4.23. The predicted octanol–water partition coefficient (Wildman–Crippen LogP) is 4.74. The van der Waals surface area contributed by atoms with Crippen LogP contribution in [0.4, 0.5) is 4.39 Å². The van der Waals surface area contributed by atoms with E-state index in [1.807, 2.05) is 25.1 Å². The Kier molecular flexibility index (Phi) is 4.20. The van der Waals surface area contributed by atoms with Crippen molar-refractivity contribution in [3.63, 3.8) is 0 Å². The molecule has 0 saturated carbocycles. The molecule has 2 rings (SSSR count). The second-order valence-corrected chi connectivity index (χ2v) is 5.79. The SMILES string of the molecule is Cc1ccc(C(O)c2ccc(F)c(Br)c2)cc1Br. The van der Waals surface area contributed by atoms with Gasteiger partial charge in [0.05, 0.1) is 4.47 Å². The molecule has 0 radical (unpaired) electrons. The summed E-state index contributed by atoms with van der Waals surface area (Å²) in [6.45, 7) is 1.98. The van der Waals surface area contributed by atoms with Crippen LogP contribution in [0.15, 0.2) is 45.3 Å². The zero-order valence-electron chi connectivity index (χ0n) is 9.62. The molecule has 2 aromatic rings. The second-order valence-electron chi connectivity index (χ2n) is 4.08. The van der Waals surface area contributed by atoms with Crippen LogP contribution in [0, 0.1) is 12.7 Å². The molecule has 1 unspecified atom stereocenters. The van der Waals surface area contributed by atoms with Gasteiger partial charge in [0.1, 0.15) is 11.9 Å². The van der Waals surface area contributed by atoms with E-state index in [1.54, 1.807) is 12.1 Å². The molecular formula is C14H11Br2FO. The van der Waals surface area contributed by atoms with Crippen LogP contribution in [0.5, 0.6) is 0 Å². The molecule has 18 heavy (non-hydrogen) atoms. The quantitative estimate of drug-likeness (QED) is 0.805. The normalized spacial score (nSPS) is 12.5. The van der Waals surface area contributed by atoms with E-state index in [1.165, 1.54) is 6.07 Å². The van der Waals surface area contributed by atoms with Crippen molar-refractivity contribution in [3.8, 4) is 0 Å². The summed E-state index contributed by atoms with van der Waals surface area (Å²) in [5.41, 5.74) is 2.52. The number of rotatable bonds is 2. The molecule has 0 bridgehead atoms. The lowest BCUT2D eigenvalue weighted by atomic mass is 10.0. The lowest BCUT2D eigenvalue weighted by Crippen LogP contribution is -2.00. The van der Waals surface area contributed by atoms with Gasteiger partial charge in [-0.15, -0.1) is 0 Å². The van der Waals surface area contributed by atoms with Crippen molar-refractivity contribution >= 4 is 31.9 Å². The van der Waals surface area contributed by atoms with E-state index in [2.05, 4.69) is 31.9 Å². The summed E-state index contributed by atoms with van der Waals surface area (Å²) in [4.78, 5) is 0. The van der Waals surface area contributed by atoms with Crippen LogP contribution in [0.1, 0.15) is 22.8 Å². The Morgan fingerprint density at radius 1 is 1.00 bits per heavy atom. The number of aliphatic hydroxyl groups is 1. The van der Waals surface area contributed by atoms with Crippen LogP contribution >= 0.6 is 31.9 Å². The van der Waals surface area contributed by atoms with Gasteiger partial charge in [0, 0.05) is 4.47 Å². The molecule has 0 aliphatic rings. The van der Waals surface area contributed by atoms with Crippen molar-refractivity contribution < 1.29 is 9.50 Å². The smallest absolute Gasteiger partial charge is 0.137 e. The molecule has 0 aromatic heterocycles. The summed E-state index contributed by atoms with van der Waals surface area (Å²) in [5, 5.41) is 10.3. The van der Waals surface area contributed by atoms with Crippen LogP contribution in [-0.2, 0) is 0 Å². The molecule has 0 spiro atoms. The molecule has 2 aromatic carbocycles. The Bertz CT molecular complexity index is 533. The van der Waals surface area contributed by atoms with Crippen LogP contribution in [0.25, 0.3) is 0 Å². The number of aryl methyl sites for hydroxylation is 1. The van der Waals surface area contributed by atoms with E-state index < -0.39 is 6.10 Å². The van der Waals surface area contributed by atoms with Gasteiger partial charge in [0.15, 0.2) is 0 Å². The molecule has 4 heteroatoms. The van der Waals surface area contributed by atoms with Gasteiger partial charge >= 0.3 is 0 Å². The van der Waals surface area contributed by atoms with Crippen LogP contribution in [0.3, 0.4) is 0 Å². The van der Waals surface area contributed by atoms with Crippen molar-refractivity contribution in [2.75, 3.05) is 0 Å². The molecule has 0 saturated heterocycles. The van der Waals surface area contributed by atoms with Crippen molar-refractivity contribution in [1.29, 1.82) is 0 Å². The second kappa shape index (κ2) is 5.51. The fourth-order valence-corrected chi connectivity index (χ4v) is 2.45. The first kappa shape index (κ1) is 13.7. The first-order chi connectivity index (χ1) is 8.49. The third kappa shape index (κ3) is 2.82. The number of halogens is 3. The zero-order chi connectivity index (χ0) is 13.3. The van der Waals surface area contributed by atoms with E-state index in [0.29, 0.717) is 10.0 Å². The maximum absolute atomic E-state index is 13.1. The molecule has 1 N–H and O–H groups in total. The minimum atomic E-state index is -0.765. The molecule has 94 valence electrons. The van der Waals surface area contributed by atoms with E-state index in [9.17, 15) is 9.50 Å². The Morgan fingerprint density at radius 2 is 1.56 bits per heavy atom. The van der Waals surface area contributed by atoms with Crippen molar-refractivity contribution in [2.24, 2.45) is 0 Å². The predicted molar refractivity (Wildman–Crippen MR) is 77.0 cm³/mol. The fourth-order valence-electron chi connectivity index (χ4n) is 1.65. The molecule has 0 heterocycles. The Labute approximate surface area is 122 Å². The summed E-state index contributed by atoms with van der Waals surface area (Å²) in [6, 6.07) is 10.2. The maximum atomic E-state index is 13.1. The average Bonchev–Trinajstić information content (AvgIpc) is 2.35. The summed E-state index contributed by atoms with van der Waals surface area (Å²) in [6.07, 6.45) is -0.765. The van der Waals surface area contributed by atoms with Gasteiger partial charge in [-0.3, -0.25) is 0 Å². The van der Waals surface area contributed by atoms with Crippen LogP contribution < -0.4 is 0 Å². The van der Waals surface area contributed by atoms with Crippen molar-refractivity contribution in [1.82, 2.24) is 0 Å². The van der Waals surface area contributed by atoms with Crippen molar-refractivity contribution in [2.45, 2.75) is 13.0 Å². The first-order valence-corrected chi connectivity index (χ1v) is 6.96. The fraction of sp³-hybridized carbons (Fsp3) is 0.143. The number of benzene rings is 2. The van der Waals surface area contributed by atoms with E-state index >= 15 is 0 Å². The van der Waals surface area contributed by atoms with Gasteiger partial charge in [0.2, 0.25) is 0 Å². The molecule has 0 amide bonds. The van der Waals surface area contributed by atoms with Gasteiger partial charge in [-0.05, 0) is 57.7 Å². The molecule has 0 fully saturated rings. The van der Waals surface area contributed by atoms with Crippen LogP contribution in [-0.4, -0.2) is 5.11 Å². The first-order valence-electron chi connectivity index (χ1n) is 5.38. The highest BCUT2D eigenvalue weighted by molar-refractivity contribution is 9.10. The number of hydrogen-bond acceptors (Lipinski definition) is 1. The Hall–Kier alpha value is -0.710. The lowest BCUT2D eigenvalue weighted by molar-refractivity contribution is 0.220. The highest BCUT2D eigenvalue weighted by Gasteiger charge is 2.13. The van der Waals surface area contributed by atoms with Gasteiger partial charge in [0.25, 0.3) is 0 Å². The minimum Gasteiger partial charge on any atom is -0.384 e. The molecule has 1 nitrogen and oxygen atoms in total. The average molecular weight is 374 g/mol. The van der Waals surface area contributed by atoms with E-state index in [4.69, 9.17) is 0 Å². The monoisotopic (exact) mass is 372 g/mol. The summed E-state index contributed by atoms with van der Waals surface area (Å²) in [7, 11) is 0. The van der Waals surface area contributed by atoms with Gasteiger partial charge in [-0.25, -0.2) is 4.39 Å². The summed E-state index contributed by atoms with van der Waals surface area (Å²) in [5.74, 6) is -0.337. The lowest BCUT2D eigenvalue weighted by Gasteiger charge is -2.13. The molecule has 1 atom stereocenters. The standard InChI is InChI=1S/C14H11Br2FO/c1-8-2-3-9(6-11(8)15)14(18)10-4-5-13(17)12(16)7-10/h2-7,14,18H,1H3.